The Morgan fingerprint density at radius 1 is 1.29 bits per heavy atom. The topological polar surface area (TPSA) is 84.9 Å². The van der Waals surface area contributed by atoms with Crippen molar-refractivity contribution in [3.63, 3.8) is 0 Å². The van der Waals surface area contributed by atoms with Gasteiger partial charge < -0.3 is 19.9 Å². The SMILES string of the molecule is CC[C@H](C)[C@H](NC(=O)c1cc(OC)ccc1OC)C(=O)O. The summed E-state index contributed by atoms with van der Waals surface area (Å²) in [6, 6.07) is 3.84. The van der Waals surface area contributed by atoms with Crippen molar-refractivity contribution in [1.29, 1.82) is 0 Å². The molecule has 1 aromatic carbocycles. The van der Waals surface area contributed by atoms with Gasteiger partial charge in [0.25, 0.3) is 5.91 Å². The highest BCUT2D eigenvalue weighted by Crippen LogP contribution is 2.24. The Labute approximate surface area is 124 Å². The maximum atomic E-state index is 12.3. The summed E-state index contributed by atoms with van der Waals surface area (Å²) in [5.74, 6) is -0.876. The highest BCUT2D eigenvalue weighted by Gasteiger charge is 2.27. The molecule has 0 aliphatic rings. The Hall–Kier alpha value is -2.24. The van der Waals surface area contributed by atoms with E-state index in [0.29, 0.717) is 17.9 Å². The first-order valence-electron chi connectivity index (χ1n) is 6.70. The Balaban J connectivity index is 3.04. The molecule has 0 fully saturated rings. The monoisotopic (exact) mass is 295 g/mol. The molecule has 0 bridgehead atoms. The van der Waals surface area contributed by atoms with Crippen LogP contribution < -0.4 is 14.8 Å². The van der Waals surface area contributed by atoms with Crippen molar-refractivity contribution in [1.82, 2.24) is 5.32 Å². The zero-order valence-electron chi connectivity index (χ0n) is 12.7. The average molecular weight is 295 g/mol. The third kappa shape index (κ3) is 4.11. The number of amides is 1. The molecule has 1 amide bonds. The van der Waals surface area contributed by atoms with Gasteiger partial charge in [0, 0.05) is 0 Å². The first kappa shape index (κ1) is 16.8. The van der Waals surface area contributed by atoms with Gasteiger partial charge in [-0.05, 0) is 24.1 Å². The van der Waals surface area contributed by atoms with Crippen LogP contribution in [0.15, 0.2) is 18.2 Å². The fourth-order valence-electron chi connectivity index (χ4n) is 1.89. The summed E-state index contributed by atoms with van der Waals surface area (Å²) < 4.78 is 10.2. The van der Waals surface area contributed by atoms with Gasteiger partial charge in [-0.15, -0.1) is 0 Å². The van der Waals surface area contributed by atoms with Crippen molar-refractivity contribution in [3.8, 4) is 11.5 Å². The maximum absolute atomic E-state index is 12.3. The van der Waals surface area contributed by atoms with E-state index in [1.54, 1.807) is 19.1 Å². The van der Waals surface area contributed by atoms with Crippen LogP contribution in [0.4, 0.5) is 0 Å². The van der Waals surface area contributed by atoms with Gasteiger partial charge in [0.1, 0.15) is 17.5 Å². The summed E-state index contributed by atoms with van der Waals surface area (Å²) in [6.45, 7) is 3.65. The fraction of sp³-hybridized carbons (Fsp3) is 0.467. The van der Waals surface area contributed by atoms with Crippen molar-refractivity contribution in [2.24, 2.45) is 5.92 Å². The van der Waals surface area contributed by atoms with Crippen LogP contribution in [-0.2, 0) is 4.79 Å². The summed E-state index contributed by atoms with van der Waals surface area (Å²) in [6.07, 6.45) is 0.645. The first-order chi connectivity index (χ1) is 9.94. The van der Waals surface area contributed by atoms with Gasteiger partial charge in [-0.2, -0.15) is 0 Å². The van der Waals surface area contributed by atoms with Crippen LogP contribution in [0, 0.1) is 5.92 Å². The highest BCUT2D eigenvalue weighted by molar-refractivity contribution is 5.99. The zero-order chi connectivity index (χ0) is 16.0. The number of hydrogen-bond acceptors (Lipinski definition) is 4. The number of nitrogens with one attached hydrogen (secondary N) is 1. The third-order valence-electron chi connectivity index (χ3n) is 3.42. The lowest BCUT2D eigenvalue weighted by molar-refractivity contribution is -0.140. The van der Waals surface area contributed by atoms with Crippen LogP contribution >= 0.6 is 0 Å². The summed E-state index contributed by atoms with van der Waals surface area (Å²) >= 11 is 0. The molecule has 2 N–H and O–H groups in total. The average Bonchev–Trinajstić information content (AvgIpc) is 2.50. The van der Waals surface area contributed by atoms with Crippen molar-refractivity contribution >= 4 is 11.9 Å². The molecule has 0 spiro atoms. The summed E-state index contributed by atoms with van der Waals surface area (Å²) in [4.78, 5) is 23.6. The molecule has 0 aliphatic carbocycles. The standard InChI is InChI=1S/C15H21NO5/c1-5-9(2)13(15(18)19)16-14(17)11-8-10(20-3)6-7-12(11)21-4/h6-9,13H,5H2,1-4H3,(H,16,17)(H,18,19)/t9-,13-/m0/s1. The van der Waals surface area contributed by atoms with E-state index in [9.17, 15) is 14.7 Å². The second-order valence-electron chi connectivity index (χ2n) is 4.74. The van der Waals surface area contributed by atoms with Gasteiger partial charge in [-0.25, -0.2) is 4.79 Å². The summed E-state index contributed by atoms with van der Waals surface area (Å²) in [7, 11) is 2.94. The molecule has 0 heterocycles. The third-order valence-corrected chi connectivity index (χ3v) is 3.42. The minimum atomic E-state index is -1.06. The molecule has 1 aromatic rings. The molecule has 0 aliphatic heterocycles. The van der Waals surface area contributed by atoms with E-state index in [4.69, 9.17) is 9.47 Å². The number of aliphatic carboxylic acids is 1. The second kappa shape index (κ2) is 7.52. The maximum Gasteiger partial charge on any atom is 0.326 e. The van der Waals surface area contributed by atoms with Gasteiger partial charge in [0.15, 0.2) is 0 Å². The van der Waals surface area contributed by atoms with Crippen LogP contribution in [0.1, 0.15) is 30.6 Å². The predicted molar refractivity (Wildman–Crippen MR) is 77.9 cm³/mol. The van der Waals surface area contributed by atoms with Crippen LogP contribution in [0.25, 0.3) is 0 Å². The first-order valence-corrected chi connectivity index (χ1v) is 6.70. The predicted octanol–water partition coefficient (Wildman–Crippen LogP) is 1.93. The van der Waals surface area contributed by atoms with E-state index < -0.39 is 17.9 Å². The Morgan fingerprint density at radius 3 is 2.43 bits per heavy atom. The van der Waals surface area contributed by atoms with Crippen molar-refractivity contribution in [2.45, 2.75) is 26.3 Å². The quantitative estimate of drug-likeness (QED) is 0.803. The number of methoxy groups -OCH3 is 2. The van der Waals surface area contributed by atoms with Crippen LogP contribution in [-0.4, -0.2) is 37.2 Å². The minimum Gasteiger partial charge on any atom is -0.497 e. The highest BCUT2D eigenvalue weighted by atomic mass is 16.5. The lowest BCUT2D eigenvalue weighted by Gasteiger charge is -2.20. The van der Waals surface area contributed by atoms with Crippen LogP contribution in [0.3, 0.4) is 0 Å². The number of hydrogen-bond donors (Lipinski definition) is 2. The molecule has 0 unspecified atom stereocenters. The summed E-state index contributed by atoms with van der Waals surface area (Å²) in [5.41, 5.74) is 0.242. The molecule has 0 saturated carbocycles. The zero-order valence-corrected chi connectivity index (χ0v) is 12.7. The van der Waals surface area contributed by atoms with E-state index in [1.807, 2.05) is 6.92 Å². The second-order valence-corrected chi connectivity index (χ2v) is 4.74. The number of rotatable bonds is 7. The Morgan fingerprint density at radius 2 is 1.95 bits per heavy atom. The minimum absolute atomic E-state index is 0.178. The number of ether oxygens (including phenoxy) is 2. The Bertz CT molecular complexity index is 515. The van der Waals surface area contributed by atoms with Crippen molar-refractivity contribution < 1.29 is 24.2 Å². The number of carboxylic acid groups (broad SMARTS) is 1. The van der Waals surface area contributed by atoms with Crippen molar-refractivity contribution in [3.05, 3.63) is 23.8 Å². The molecular weight excluding hydrogens is 274 g/mol. The number of benzene rings is 1. The molecule has 0 radical (unpaired) electrons. The van der Waals surface area contributed by atoms with E-state index in [-0.39, 0.29) is 11.5 Å². The van der Waals surface area contributed by atoms with E-state index in [2.05, 4.69) is 5.32 Å². The number of carboxylic acids is 1. The lowest BCUT2D eigenvalue weighted by atomic mass is 9.99. The van der Waals surface area contributed by atoms with Crippen molar-refractivity contribution in [2.75, 3.05) is 14.2 Å². The normalized spacial score (nSPS) is 13.1. The number of carbonyl (C=O) groups excluding carboxylic acids is 1. The molecule has 2 atom stereocenters. The van der Waals surface area contributed by atoms with E-state index in [1.165, 1.54) is 20.3 Å². The molecular formula is C15H21NO5. The van der Waals surface area contributed by atoms with Crippen LogP contribution in [0.5, 0.6) is 11.5 Å². The Kier molecular flexibility index (Phi) is 6.02. The summed E-state index contributed by atoms with van der Waals surface area (Å²) in [5, 5.41) is 11.8. The molecule has 6 nitrogen and oxygen atoms in total. The molecule has 6 heteroatoms. The molecule has 21 heavy (non-hydrogen) atoms. The fourth-order valence-corrected chi connectivity index (χ4v) is 1.89. The van der Waals surface area contributed by atoms with Gasteiger partial charge in [0.05, 0.1) is 19.8 Å². The molecule has 1 rings (SSSR count). The van der Waals surface area contributed by atoms with Gasteiger partial charge in [-0.1, -0.05) is 20.3 Å². The lowest BCUT2D eigenvalue weighted by Crippen LogP contribution is -2.45. The molecule has 0 aromatic heterocycles. The molecule has 116 valence electrons. The number of carbonyl (C=O) groups is 2. The van der Waals surface area contributed by atoms with Crippen LogP contribution in [0.2, 0.25) is 0 Å². The van der Waals surface area contributed by atoms with E-state index >= 15 is 0 Å². The van der Waals surface area contributed by atoms with E-state index in [0.717, 1.165) is 0 Å². The smallest absolute Gasteiger partial charge is 0.326 e. The van der Waals surface area contributed by atoms with Gasteiger partial charge in [0.2, 0.25) is 0 Å². The molecule has 0 saturated heterocycles. The largest absolute Gasteiger partial charge is 0.497 e. The van der Waals surface area contributed by atoms with Gasteiger partial charge >= 0.3 is 5.97 Å². The van der Waals surface area contributed by atoms with Gasteiger partial charge in [-0.3, -0.25) is 4.79 Å².